The van der Waals surface area contributed by atoms with E-state index in [1.807, 2.05) is 32.1 Å². The third-order valence-corrected chi connectivity index (χ3v) is 6.74. The lowest BCUT2D eigenvalue weighted by atomic mass is 9.69. The summed E-state index contributed by atoms with van der Waals surface area (Å²) in [5.74, 6) is -2.40. The molecule has 3 amide bonds. The summed E-state index contributed by atoms with van der Waals surface area (Å²) in [4.78, 5) is 41.1. The standard InChI is InChI=1S/C23H30ClN3O4/c1-4-14-9-10-15-18(17(14)21(29)25-3)23(31)27(11-6-12-28)20(15)22(30)26-19-13(2)7-5-8-16(19)24/h5,7-10,14-15,17-18,20,28H,4,6,11-12H2,1-3H3,(H,25,29)(H,26,30)/t14-,15+,17-,18-,20+/m1/s1. The maximum atomic E-state index is 13.5. The van der Waals surface area contributed by atoms with Gasteiger partial charge < -0.3 is 20.6 Å². The molecule has 0 aromatic heterocycles. The Labute approximate surface area is 187 Å². The van der Waals surface area contributed by atoms with Crippen molar-refractivity contribution in [3.05, 3.63) is 40.9 Å². The summed E-state index contributed by atoms with van der Waals surface area (Å²) in [6, 6.07) is 4.57. The van der Waals surface area contributed by atoms with Gasteiger partial charge in [0.2, 0.25) is 17.7 Å². The van der Waals surface area contributed by atoms with Crippen molar-refractivity contribution in [2.45, 2.75) is 32.7 Å². The lowest BCUT2D eigenvalue weighted by Gasteiger charge is -2.33. The molecule has 7 nitrogen and oxygen atoms in total. The zero-order valence-electron chi connectivity index (χ0n) is 18.1. The highest BCUT2D eigenvalue weighted by atomic mass is 35.5. The van der Waals surface area contributed by atoms with Gasteiger partial charge in [-0.15, -0.1) is 0 Å². The number of allylic oxidation sites excluding steroid dienone is 1. The normalized spacial score (nSPS) is 27.2. The van der Waals surface area contributed by atoms with Gasteiger partial charge in [0.15, 0.2) is 0 Å². The number of carbonyl (C=O) groups is 3. The first-order valence-electron chi connectivity index (χ1n) is 10.7. The van der Waals surface area contributed by atoms with E-state index in [1.54, 1.807) is 19.2 Å². The minimum Gasteiger partial charge on any atom is -0.396 e. The molecule has 1 aliphatic heterocycles. The fourth-order valence-electron chi connectivity index (χ4n) is 4.88. The van der Waals surface area contributed by atoms with Crippen molar-refractivity contribution >= 4 is 35.0 Å². The van der Waals surface area contributed by atoms with Crippen LogP contribution in [0.4, 0.5) is 5.69 Å². The molecule has 1 aliphatic carbocycles. The van der Waals surface area contributed by atoms with Crippen LogP contribution in [-0.4, -0.2) is 54.0 Å². The molecule has 0 bridgehead atoms. The number of likely N-dealkylation sites (tertiary alicyclic amines) is 1. The number of hydrogen-bond acceptors (Lipinski definition) is 4. The number of rotatable bonds is 7. The smallest absolute Gasteiger partial charge is 0.247 e. The van der Waals surface area contributed by atoms with Gasteiger partial charge >= 0.3 is 0 Å². The molecule has 31 heavy (non-hydrogen) atoms. The van der Waals surface area contributed by atoms with Gasteiger partial charge in [-0.05, 0) is 37.3 Å². The van der Waals surface area contributed by atoms with Gasteiger partial charge in [-0.3, -0.25) is 14.4 Å². The number of aliphatic hydroxyl groups excluding tert-OH is 1. The molecule has 168 valence electrons. The number of anilines is 1. The Morgan fingerprint density at radius 1 is 1.23 bits per heavy atom. The zero-order chi connectivity index (χ0) is 22.7. The molecule has 3 rings (SSSR count). The second-order valence-corrected chi connectivity index (χ2v) is 8.58. The second-order valence-electron chi connectivity index (χ2n) is 8.17. The maximum absolute atomic E-state index is 13.5. The van der Waals surface area contributed by atoms with Crippen LogP contribution in [-0.2, 0) is 14.4 Å². The number of carbonyl (C=O) groups excluding carboxylic acids is 3. The summed E-state index contributed by atoms with van der Waals surface area (Å²) in [7, 11) is 1.57. The molecule has 3 N–H and O–H groups in total. The number of aliphatic hydroxyl groups is 1. The number of benzene rings is 1. The summed E-state index contributed by atoms with van der Waals surface area (Å²) < 4.78 is 0. The van der Waals surface area contributed by atoms with Gasteiger partial charge in [0.05, 0.1) is 22.5 Å². The van der Waals surface area contributed by atoms with Crippen LogP contribution in [0, 0.1) is 30.6 Å². The first-order chi connectivity index (χ1) is 14.8. The number of amides is 3. The van der Waals surface area contributed by atoms with Gasteiger partial charge in [-0.2, -0.15) is 0 Å². The van der Waals surface area contributed by atoms with Gasteiger partial charge in [-0.25, -0.2) is 0 Å². The van der Waals surface area contributed by atoms with Crippen molar-refractivity contribution in [2.24, 2.45) is 23.7 Å². The molecule has 1 aromatic rings. The average molecular weight is 448 g/mol. The first-order valence-corrected chi connectivity index (χ1v) is 11.1. The minimum absolute atomic E-state index is 0.0718. The molecule has 1 fully saturated rings. The second kappa shape index (κ2) is 9.83. The highest BCUT2D eigenvalue weighted by molar-refractivity contribution is 6.34. The van der Waals surface area contributed by atoms with Crippen LogP contribution >= 0.6 is 11.6 Å². The van der Waals surface area contributed by atoms with E-state index in [0.717, 1.165) is 12.0 Å². The topological polar surface area (TPSA) is 98.7 Å². The molecule has 8 heteroatoms. The molecule has 0 saturated carbocycles. The quantitative estimate of drug-likeness (QED) is 0.559. The SMILES string of the molecule is CC[C@@H]1C=C[C@H]2[C@@H](C(=O)N(CCCO)[C@@H]2C(=O)Nc2c(C)cccc2Cl)[C@@H]1C(=O)NC. The monoisotopic (exact) mass is 447 g/mol. The molecule has 1 saturated heterocycles. The van der Waals surface area contributed by atoms with E-state index in [0.29, 0.717) is 17.1 Å². The van der Waals surface area contributed by atoms with Crippen LogP contribution in [0.2, 0.25) is 5.02 Å². The van der Waals surface area contributed by atoms with Crippen LogP contribution in [0.25, 0.3) is 0 Å². The van der Waals surface area contributed by atoms with Crippen LogP contribution in [0.1, 0.15) is 25.3 Å². The Bertz CT molecular complexity index is 867. The van der Waals surface area contributed by atoms with Crippen molar-refractivity contribution in [3.8, 4) is 0 Å². The van der Waals surface area contributed by atoms with Crippen molar-refractivity contribution in [3.63, 3.8) is 0 Å². The van der Waals surface area contributed by atoms with E-state index < -0.39 is 23.8 Å². The fraction of sp³-hybridized carbons (Fsp3) is 0.522. The van der Waals surface area contributed by atoms with Crippen molar-refractivity contribution in [1.82, 2.24) is 10.2 Å². The maximum Gasteiger partial charge on any atom is 0.247 e. The summed E-state index contributed by atoms with van der Waals surface area (Å²) in [5, 5.41) is 15.3. The van der Waals surface area contributed by atoms with Crippen LogP contribution < -0.4 is 10.6 Å². The summed E-state index contributed by atoms with van der Waals surface area (Å²) in [6.45, 7) is 3.98. The Morgan fingerprint density at radius 3 is 2.58 bits per heavy atom. The van der Waals surface area contributed by atoms with Crippen LogP contribution in [0.15, 0.2) is 30.4 Å². The summed E-state index contributed by atoms with van der Waals surface area (Å²) in [5.41, 5.74) is 1.33. The van der Waals surface area contributed by atoms with Gasteiger partial charge in [-0.1, -0.05) is 42.8 Å². The Balaban J connectivity index is 1.99. The van der Waals surface area contributed by atoms with E-state index in [4.69, 9.17) is 11.6 Å². The van der Waals surface area contributed by atoms with Crippen molar-refractivity contribution in [2.75, 3.05) is 25.5 Å². The number of para-hydroxylation sites is 1. The van der Waals surface area contributed by atoms with E-state index in [1.165, 1.54) is 4.90 Å². The van der Waals surface area contributed by atoms with Gasteiger partial charge in [0.1, 0.15) is 6.04 Å². The van der Waals surface area contributed by atoms with Crippen molar-refractivity contribution < 1.29 is 19.5 Å². The molecule has 0 radical (unpaired) electrons. The lowest BCUT2D eigenvalue weighted by Crippen LogP contribution is -2.45. The molecule has 2 aliphatic rings. The predicted molar refractivity (Wildman–Crippen MR) is 119 cm³/mol. The zero-order valence-corrected chi connectivity index (χ0v) is 18.9. The van der Waals surface area contributed by atoms with Crippen LogP contribution in [0.5, 0.6) is 0 Å². The van der Waals surface area contributed by atoms with E-state index in [2.05, 4.69) is 10.6 Å². The Morgan fingerprint density at radius 2 is 1.97 bits per heavy atom. The Kier molecular flexibility index (Phi) is 7.38. The molecule has 1 heterocycles. The number of hydrogen-bond donors (Lipinski definition) is 3. The van der Waals surface area contributed by atoms with E-state index >= 15 is 0 Å². The third kappa shape index (κ3) is 4.34. The third-order valence-electron chi connectivity index (χ3n) is 6.43. The minimum atomic E-state index is -0.777. The molecular weight excluding hydrogens is 418 g/mol. The molecular formula is C23H30ClN3O4. The predicted octanol–water partition coefficient (Wildman–Crippen LogP) is 2.37. The fourth-order valence-corrected chi connectivity index (χ4v) is 5.15. The lowest BCUT2D eigenvalue weighted by molar-refractivity contribution is -0.140. The molecule has 1 aromatic carbocycles. The number of nitrogens with zero attached hydrogens (tertiary/aromatic N) is 1. The average Bonchev–Trinajstić information content (AvgIpc) is 3.05. The van der Waals surface area contributed by atoms with E-state index in [9.17, 15) is 19.5 Å². The summed E-state index contributed by atoms with van der Waals surface area (Å²) in [6.07, 6.45) is 4.95. The van der Waals surface area contributed by atoms with E-state index in [-0.39, 0.29) is 36.8 Å². The number of fused-ring (bicyclic) bond motifs is 1. The highest BCUT2D eigenvalue weighted by Crippen LogP contribution is 2.45. The molecule has 5 atom stereocenters. The first kappa shape index (κ1) is 23.3. The molecule has 0 spiro atoms. The highest BCUT2D eigenvalue weighted by Gasteiger charge is 2.56. The number of halogens is 1. The number of nitrogens with one attached hydrogen (secondary N) is 2. The largest absolute Gasteiger partial charge is 0.396 e. The Hall–Kier alpha value is -2.38. The molecule has 0 unspecified atom stereocenters. The van der Waals surface area contributed by atoms with Crippen LogP contribution in [0.3, 0.4) is 0 Å². The van der Waals surface area contributed by atoms with Gasteiger partial charge in [0, 0.05) is 26.1 Å². The number of aryl methyl sites for hydroxylation is 1. The summed E-state index contributed by atoms with van der Waals surface area (Å²) >= 11 is 6.29. The van der Waals surface area contributed by atoms with Gasteiger partial charge in [0.25, 0.3) is 0 Å². The van der Waals surface area contributed by atoms with Crippen molar-refractivity contribution in [1.29, 1.82) is 0 Å².